The maximum absolute atomic E-state index is 10.4. The predicted molar refractivity (Wildman–Crippen MR) is 94.6 cm³/mol. The quantitative estimate of drug-likeness (QED) is 0.580. The average Bonchev–Trinajstić information content (AvgIpc) is 3.30. The van der Waals surface area contributed by atoms with Crippen LogP contribution < -0.4 is 5.73 Å². The van der Waals surface area contributed by atoms with E-state index in [1.54, 1.807) is 0 Å². The second kappa shape index (κ2) is 7.06. The number of rotatable bonds is 5. The Morgan fingerprint density at radius 3 is 2.88 bits per heavy atom. The molecular weight excluding hydrogens is 382 g/mol. The molecule has 0 radical (unpaired) electrons. The highest BCUT2D eigenvalue weighted by Crippen LogP contribution is 2.32. The van der Waals surface area contributed by atoms with Gasteiger partial charge in [-0.3, -0.25) is 4.57 Å². The topological polar surface area (TPSA) is 129 Å². The zero-order valence-corrected chi connectivity index (χ0v) is 15.0. The van der Waals surface area contributed by atoms with Crippen LogP contribution in [-0.4, -0.2) is 54.7 Å². The minimum absolute atomic E-state index is 0.102. The summed E-state index contributed by atoms with van der Waals surface area (Å²) in [5.41, 5.74) is 7.47. The summed E-state index contributed by atoms with van der Waals surface area (Å²) < 4.78 is 12.9. The molecule has 1 saturated heterocycles. The van der Waals surface area contributed by atoms with Crippen LogP contribution >= 0.6 is 22.9 Å². The Morgan fingerprint density at radius 1 is 1.27 bits per heavy atom. The van der Waals surface area contributed by atoms with Crippen molar-refractivity contribution in [3.63, 3.8) is 0 Å². The molecule has 26 heavy (non-hydrogen) atoms. The number of halogens is 1. The van der Waals surface area contributed by atoms with Crippen molar-refractivity contribution in [3.8, 4) is 0 Å². The molecule has 0 unspecified atom stereocenters. The Labute approximate surface area is 157 Å². The minimum atomic E-state index is -1.16. The van der Waals surface area contributed by atoms with Gasteiger partial charge in [-0.15, -0.1) is 0 Å². The number of nitrogens with two attached hydrogens (primary N) is 1. The Hall–Kier alpha value is -1.82. The molecule has 4 rings (SSSR count). The first-order valence-corrected chi connectivity index (χ1v) is 9.11. The van der Waals surface area contributed by atoms with Gasteiger partial charge in [-0.05, 0) is 5.38 Å². The molecule has 3 aromatic heterocycles. The second-order valence-corrected chi connectivity index (χ2v) is 7.04. The van der Waals surface area contributed by atoms with Gasteiger partial charge in [-0.2, -0.15) is 11.3 Å². The van der Waals surface area contributed by atoms with Crippen LogP contribution in [0, 0.1) is 0 Å². The predicted octanol–water partition coefficient (Wildman–Crippen LogP) is 0.959. The largest absolute Gasteiger partial charge is 0.387 e. The van der Waals surface area contributed by atoms with Crippen molar-refractivity contribution in [2.24, 2.45) is 0 Å². The summed E-state index contributed by atoms with van der Waals surface area (Å²) in [6.45, 7) is 0.401. The van der Waals surface area contributed by atoms with E-state index < -0.39 is 24.5 Å². The summed E-state index contributed by atoms with van der Waals surface area (Å²) in [5, 5.41) is 25.0. The number of imidazole rings is 1. The van der Waals surface area contributed by atoms with Crippen molar-refractivity contribution < 1.29 is 19.7 Å². The molecule has 138 valence electrons. The molecule has 4 N–H and O–H groups in total. The van der Waals surface area contributed by atoms with Gasteiger partial charge in [0.15, 0.2) is 17.7 Å². The molecule has 1 aliphatic heterocycles. The smallest absolute Gasteiger partial charge is 0.167 e. The molecule has 0 aromatic carbocycles. The van der Waals surface area contributed by atoms with Crippen molar-refractivity contribution in [1.29, 1.82) is 0 Å². The zero-order valence-electron chi connectivity index (χ0n) is 13.4. The fraction of sp³-hybridized carbons (Fsp3) is 0.400. The van der Waals surface area contributed by atoms with Gasteiger partial charge in [-0.25, -0.2) is 15.0 Å². The summed E-state index contributed by atoms with van der Waals surface area (Å²) in [5.74, 6) is 0.231. The highest BCUT2D eigenvalue weighted by Gasteiger charge is 2.44. The van der Waals surface area contributed by atoms with Crippen LogP contribution in [0.25, 0.3) is 11.2 Å². The Morgan fingerprint density at radius 2 is 2.12 bits per heavy atom. The lowest BCUT2D eigenvalue weighted by atomic mass is 10.1. The molecule has 11 heteroatoms. The first-order chi connectivity index (χ1) is 12.6. The van der Waals surface area contributed by atoms with Gasteiger partial charge < -0.3 is 25.4 Å². The first-order valence-electron chi connectivity index (χ1n) is 7.79. The lowest BCUT2D eigenvalue weighted by Gasteiger charge is -2.16. The van der Waals surface area contributed by atoms with Crippen molar-refractivity contribution in [2.45, 2.75) is 31.1 Å². The van der Waals surface area contributed by atoms with E-state index in [2.05, 4.69) is 15.0 Å². The number of anilines is 1. The molecule has 0 saturated carbocycles. The van der Waals surface area contributed by atoms with Gasteiger partial charge in [0.1, 0.15) is 30.2 Å². The van der Waals surface area contributed by atoms with Crippen LogP contribution in [0.15, 0.2) is 23.4 Å². The van der Waals surface area contributed by atoms with Crippen molar-refractivity contribution in [1.82, 2.24) is 19.5 Å². The number of aliphatic hydroxyl groups excluding tert-OH is 2. The summed E-state index contributed by atoms with van der Waals surface area (Å²) in [6.07, 6.45) is -1.09. The van der Waals surface area contributed by atoms with Crippen LogP contribution in [0.4, 0.5) is 5.82 Å². The molecule has 9 nitrogen and oxygen atoms in total. The highest BCUT2D eigenvalue weighted by atomic mass is 35.5. The minimum Gasteiger partial charge on any atom is -0.387 e. The standard InChI is InChI=1S/C15H16ClN5O4S/c16-8-4-26-3-7(8)1-24-2-9-11(22)12(23)15(25-9)21-6-20-10-13(17)18-5-19-14(10)21/h3-6,9,11-12,15,22-23H,1-2H2,(H2,17,18,19)/t9-,11-,12-,15-/m1/s1. The van der Waals surface area contributed by atoms with Gasteiger partial charge >= 0.3 is 0 Å². The van der Waals surface area contributed by atoms with Gasteiger partial charge in [0.2, 0.25) is 0 Å². The average molecular weight is 398 g/mol. The summed E-state index contributed by atoms with van der Waals surface area (Å²) in [7, 11) is 0. The molecule has 1 aliphatic rings. The maximum Gasteiger partial charge on any atom is 0.167 e. The Kier molecular flexibility index (Phi) is 4.78. The summed E-state index contributed by atoms with van der Waals surface area (Å²) in [4.78, 5) is 12.2. The van der Waals surface area contributed by atoms with Crippen LogP contribution in [0.5, 0.6) is 0 Å². The maximum atomic E-state index is 10.4. The summed E-state index contributed by atoms with van der Waals surface area (Å²) >= 11 is 7.51. The van der Waals surface area contributed by atoms with Gasteiger partial charge in [0.05, 0.1) is 24.6 Å². The Bertz CT molecular complexity index is 918. The third-order valence-electron chi connectivity index (χ3n) is 4.23. The first kappa shape index (κ1) is 17.6. The van der Waals surface area contributed by atoms with E-state index >= 15 is 0 Å². The van der Waals surface area contributed by atoms with Gasteiger partial charge in [0.25, 0.3) is 0 Å². The molecule has 0 bridgehead atoms. The van der Waals surface area contributed by atoms with Crippen LogP contribution in [-0.2, 0) is 16.1 Å². The van der Waals surface area contributed by atoms with E-state index in [1.165, 1.54) is 28.6 Å². The fourth-order valence-electron chi connectivity index (χ4n) is 2.85. The van der Waals surface area contributed by atoms with E-state index in [1.807, 2.05) is 10.8 Å². The third kappa shape index (κ3) is 3.04. The van der Waals surface area contributed by atoms with E-state index in [4.69, 9.17) is 26.8 Å². The van der Waals surface area contributed by atoms with E-state index in [0.29, 0.717) is 22.8 Å². The van der Waals surface area contributed by atoms with Crippen LogP contribution in [0.1, 0.15) is 11.8 Å². The lowest BCUT2D eigenvalue weighted by Crippen LogP contribution is -2.33. The molecule has 4 atom stereocenters. The molecule has 0 spiro atoms. The zero-order chi connectivity index (χ0) is 18.3. The Balaban J connectivity index is 1.47. The molecule has 1 fully saturated rings. The monoisotopic (exact) mass is 397 g/mol. The van der Waals surface area contributed by atoms with Crippen LogP contribution in [0.2, 0.25) is 5.02 Å². The van der Waals surface area contributed by atoms with Gasteiger partial charge in [-0.1, -0.05) is 11.6 Å². The SMILES string of the molecule is Nc1ncnc2c1ncn2[C@@H]1O[C@H](COCc2cscc2Cl)[C@@H](O)[C@H]1O. The van der Waals surface area contributed by atoms with E-state index in [0.717, 1.165) is 5.56 Å². The fourth-order valence-corrected chi connectivity index (χ4v) is 3.88. The number of thiophene rings is 1. The molecule has 4 heterocycles. The summed E-state index contributed by atoms with van der Waals surface area (Å²) in [6, 6.07) is 0. The molecule has 0 amide bonds. The normalized spacial score (nSPS) is 26.0. The molecule has 3 aromatic rings. The number of nitrogens with zero attached hydrogens (tertiary/aromatic N) is 4. The number of aromatic nitrogens is 4. The number of hydrogen-bond donors (Lipinski definition) is 3. The molecule has 0 aliphatic carbocycles. The van der Waals surface area contributed by atoms with Crippen molar-refractivity contribution in [3.05, 3.63) is 34.0 Å². The number of ether oxygens (including phenoxy) is 2. The number of aliphatic hydroxyl groups is 2. The van der Waals surface area contributed by atoms with Crippen molar-refractivity contribution >= 4 is 39.9 Å². The van der Waals surface area contributed by atoms with Crippen LogP contribution in [0.3, 0.4) is 0 Å². The van der Waals surface area contributed by atoms with Crippen molar-refractivity contribution in [2.75, 3.05) is 12.3 Å². The second-order valence-electron chi connectivity index (χ2n) is 5.89. The van der Waals surface area contributed by atoms with E-state index in [-0.39, 0.29) is 12.4 Å². The molecular formula is C15H16ClN5O4S. The van der Waals surface area contributed by atoms with Gasteiger partial charge in [0, 0.05) is 10.9 Å². The lowest BCUT2D eigenvalue weighted by molar-refractivity contribution is -0.0682. The number of hydrogen-bond acceptors (Lipinski definition) is 9. The van der Waals surface area contributed by atoms with E-state index in [9.17, 15) is 10.2 Å². The number of fused-ring (bicyclic) bond motifs is 1. The highest BCUT2D eigenvalue weighted by molar-refractivity contribution is 7.08. The number of nitrogen functional groups attached to an aromatic ring is 1. The third-order valence-corrected chi connectivity index (χ3v) is 5.50.